The number of hydrogen-bond donors (Lipinski definition) is 0. The molecule has 0 aromatic heterocycles. The Morgan fingerprint density at radius 3 is 2.32 bits per heavy atom. The number of hydrogen-bond acceptors (Lipinski definition) is 1. The fraction of sp³-hybridized carbons (Fsp3) is 0.118. The molecule has 0 saturated heterocycles. The molecule has 0 aliphatic heterocycles. The lowest BCUT2D eigenvalue weighted by Gasteiger charge is -2.06. The smallest absolute Gasteiger partial charge is 0.190 e. The van der Waals surface area contributed by atoms with Crippen LogP contribution in [0, 0.1) is 0 Å². The second kappa shape index (κ2) is 6.48. The van der Waals surface area contributed by atoms with Crippen molar-refractivity contribution in [2.75, 3.05) is 0 Å². The zero-order chi connectivity index (χ0) is 13.7. The van der Waals surface area contributed by atoms with E-state index in [4.69, 9.17) is 0 Å². The highest BCUT2D eigenvalue weighted by Crippen LogP contribution is 2.22. The Morgan fingerprint density at radius 1 is 1.05 bits per heavy atom. The van der Waals surface area contributed by atoms with Crippen LogP contribution in [0.5, 0.6) is 0 Å². The van der Waals surface area contributed by atoms with Gasteiger partial charge in [0.15, 0.2) is 5.78 Å². The van der Waals surface area contributed by atoms with Gasteiger partial charge in [0.05, 0.1) is 0 Å². The number of carbonyl (C=O) groups excluding carboxylic acids is 1. The van der Waals surface area contributed by atoms with Crippen LogP contribution in [0.3, 0.4) is 0 Å². The zero-order valence-electron chi connectivity index (χ0n) is 10.8. The van der Waals surface area contributed by atoms with Crippen LogP contribution in [0.1, 0.15) is 29.3 Å². The van der Waals surface area contributed by atoms with Gasteiger partial charge in [0, 0.05) is 15.6 Å². The van der Waals surface area contributed by atoms with Crippen LogP contribution >= 0.6 is 15.9 Å². The third-order valence-electron chi connectivity index (χ3n) is 2.93. The average molecular weight is 315 g/mol. The molecule has 0 radical (unpaired) electrons. The number of ketones is 1. The number of carbonyl (C=O) groups is 1. The van der Waals surface area contributed by atoms with Gasteiger partial charge in [0.2, 0.25) is 0 Å². The molecular formula is C17H15BrO. The zero-order valence-corrected chi connectivity index (χ0v) is 12.4. The van der Waals surface area contributed by atoms with Gasteiger partial charge in [-0.15, -0.1) is 0 Å². The molecule has 0 fully saturated rings. The summed E-state index contributed by atoms with van der Waals surface area (Å²) in [5.41, 5.74) is 2.59. The van der Waals surface area contributed by atoms with Crippen LogP contribution < -0.4 is 0 Å². The number of Topliss-reactive ketones (excluding diaryl/α,β-unsaturated/α-hetero) is 1. The summed E-state index contributed by atoms with van der Waals surface area (Å²) >= 11 is 3.43. The van der Waals surface area contributed by atoms with E-state index in [1.807, 2.05) is 67.6 Å². The predicted octanol–water partition coefficient (Wildman–Crippen LogP) is 5.13. The van der Waals surface area contributed by atoms with Crippen LogP contribution in [0.4, 0.5) is 0 Å². The van der Waals surface area contributed by atoms with Gasteiger partial charge in [0.1, 0.15) is 0 Å². The molecule has 2 aromatic carbocycles. The second-order valence-electron chi connectivity index (χ2n) is 4.24. The van der Waals surface area contributed by atoms with Crippen molar-refractivity contribution >= 4 is 27.8 Å². The molecule has 2 rings (SSSR count). The maximum atomic E-state index is 12.5. The van der Waals surface area contributed by atoms with Crippen LogP contribution in [0.2, 0.25) is 0 Å². The van der Waals surface area contributed by atoms with Crippen molar-refractivity contribution in [3.63, 3.8) is 0 Å². The van der Waals surface area contributed by atoms with Crippen LogP contribution in [-0.2, 0) is 0 Å². The topological polar surface area (TPSA) is 17.1 Å². The standard InChI is InChI=1S/C17H15BrO/c1-2-14(12-13-8-4-3-5-9-13)17(19)15-10-6-7-11-16(15)18/h3-12H,2H2,1H3. The fourth-order valence-electron chi connectivity index (χ4n) is 1.90. The third-order valence-corrected chi connectivity index (χ3v) is 3.62. The largest absolute Gasteiger partial charge is 0.289 e. The van der Waals surface area contributed by atoms with E-state index >= 15 is 0 Å². The first kappa shape index (κ1) is 13.8. The third kappa shape index (κ3) is 3.42. The van der Waals surface area contributed by atoms with Gasteiger partial charge in [-0.2, -0.15) is 0 Å². The summed E-state index contributed by atoms with van der Waals surface area (Å²) in [5, 5.41) is 0. The second-order valence-corrected chi connectivity index (χ2v) is 5.10. The molecule has 0 N–H and O–H groups in total. The van der Waals surface area contributed by atoms with E-state index in [0.29, 0.717) is 5.56 Å². The minimum Gasteiger partial charge on any atom is -0.289 e. The van der Waals surface area contributed by atoms with Gasteiger partial charge >= 0.3 is 0 Å². The predicted molar refractivity (Wildman–Crippen MR) is 83.2 cm³/mol. The van der Waals surface area contributed by atoms with E-state index in [9.17, 15) is 4.79 Å². The molecule has 0 unspecified atom stereocenters. The Morgan fingerprint density at radius 2 is 1.68 bits per heavy atom. The molecule has 0 atom stereocenters. The van der Waals surface area contributed by atoms with Gasteiger partial charge in [-0.25, -0.2) is 0 Å². The number of rotatable bonds is 4. The first-order chi connectivity index (χ1) is 9.22. The van der Waals surface area contributed by atoms with E-state index in [1.165, 1.54) is 0 Å². The Balaban J connectivity index is 2.36. The maximum Gasteiger partial charge on any atom is 0.190 e. The molecule has 0 bridgehead atoms. The van der Waals surface area contributed by atoms with Gasteiger partial charge in [-0.05, 0) is 30.2 Å². The normalized spacial score (nSPS) is 11.4. The lowest BCUT2D eigenvalue weighted by Crippen LogP contribution is -2.03. The molecule has 1 nitrogen and oxygen atoms in total. The Kier molecular flexibility index (Phi) is 4.69. The SMILES string of the molecule is CCC(=Cc1ccccc1)C(=O)c1ccccc1Br. The molecular weight excluding hydrogens is 300 g/mol. The molecule has 2 aromatic rings. The summed E-state index contributed by atoms with van der Waals surface area (Å²) in [5.74, 6) is 0.0822. The van der Waals surface area contributed by atoms with Gasteiger partial charge in [0.25, 0.3) is 0 Å². The minimum absolute atomic E-state index is 0.0822. The molecule has 2 heteroatoms. The molecule has 0 aliphatic carbocycles. The van der Waals surface area contributed by atoms with E-state index in [1.54, 1.807) is 0 Å². The summed E-state index contributed by atoms with van der Waals surface area (Å²) in [6, 6.07) is 17.5. The van der Waals surface area contributed by atoms with Crippen LogP contribution in [0.25, 0.3) is 6.08 Å². The maximum absolute atomic E-state index is 12.5. The molecule has 96 valence electrons. The van der Waals surface area contributed by atoms with Crippen LogP contribution in [-0.4, -0.2) is 5.78 Å². The van der Waals surface area contributed by atoms with Crippen molar-refractivity contribution in [1.29, 1.82) is 0 Å². The van der Waals surface area contributed by atoms with E-state index in [0.717, 1.165) is 22.0 Å². The highest BCUT2D eigenvalue weighted by Gasteiger charge is 2.13. The Hall–Kier alpha value is -1.67. The highest BCUT2D eigenvalue weighted by molar-refractivity contribution is 9.10. The molecule has 0 spiro atoms. The van der Waals surface area contributed by atoms with Crippen molar-refractivity contribution in [1.82, 2.24) is 0 Å². The quantitative estimate of drug-likeness (QED) is 0.565. The number of halogens is 1. The minimum atomic E-state index is 0.0822. The van der Waals surface area contributed by atoms with E-state index in [2.05, 4.69) is 15.9 Å². The monoisotopic (exact) mass is 314 g/mol. The van der Waals surface area contributed by atoms with Crippen molar-refractivity contribution in [3.05, 3.63) is 75.8 Å². The average Bonchev–Trinajstić information content (AvgIpc) is 2.46. The summed E-state index contributed by atoms with van der Waals surface area (Å²) in [7, 11) is 0. The lowest BCUT2D eigenvalue weighted by atomic mass is 9.99. The van der Waals surface area contributed by atoms with Gasteiger partial charge in [-0.3, -0.25) is 4.79 Å². The summed E-state index contributed by atoms with van der Waals surface area (Å²) in [6.07, 6.45) is 2.68. The molecule has 19 heavy (non-hydrogen) atoms. The van der Waals surface area contributed by atoms with Gasteiger partial charge < -0.3 is 0 Å². The fourth-order valence-corrected chi connectivity index (χ4v) is 2.36. The molecule has 0 amide bonds. The van der Waals surface area contributed by atoms with E-state index < -0.39 is 0 Å². The Bertz CT molecular complexity index is 600. The number of benzene rings is 2. The van der Waals surface area contributed by atoms with Crippen molar-refractivity contribution in [2.24, 2.45) is 0 Å². The van der Waals surface area contributed by atoms with Crippen molar-refractivity contribution < 1.29 is 4.79 Å². The first-order valence-corrected chi connectivity index (χ1v) is 7.06. The van der Waals surface area contributed by atoms with Crippen LogP contribution in [0.15, 0.2) is 64.6 Å². The van der Waals surface area contributed by atoms with Gasteiger partial charge in [-0.1, -0.05) is 65.3 Å². The summed E-state index contributed by atoms with van der Waals surface area (Å²) < 4.78 is 0.840. The summed E-state index contributed by atoms with van der Waals surface area (Å²) in [4.78, 5) is 12.5. The molecule has 0 heterocycles. The summed E-state index contributed by atoms with van der Waals surface area (Å²) in [6.45, 7) is 2.00. The molecule has 0 aliphatic rings. The number of allylic oxidation sites excluding steroid dienone is 1. The highest BCUT2D eigenvalue weighted by atomic mass is 79.9. The Labute approximate surface area is 122 Å². The van der Waals surface area contributed by atoms with Crippen molar-refractivity contribution in [2.45, 2.75) is 13.3 Å². The molecule has 0 saturated carbocycles. The first-order valence-electron chi connectivity index (χ1n) is 6.27. The van der Waals surface area contributed by atoms with Crippen molar-refractivity contribution in [3.8, 4) is 0 Å². The van der Waals surface area contributed by atoms with E-state index in [-0.39, 0.29) is 5.78 Å². The lowest BCUT2D eigenvalue weighted by molar-refractivity contribution is 0.103.